The van der Waals surface area contributed by atoms with Gasteiger partial charge in [0, 0.05) is 16.8 Å². The summed E-state index contributed by atoms with van der Waals surface area (Å²) in [7, 11) is 0. The average molecular weight is 378 g/mol. The topological polar surface area (TPSA) is 58.2 Å². The molecule has 2 aromatic rings. The predicted molar refractivity (Wildman–Crippen MR) is 96.2 cm³/mol. The van der Waals surface area contributed by atoms with Gasteiger partial charge in [0.25, 0.3) is 5.91 Å². The molecule has 1 fully saturated rings. The van der Waals surface area contributed by atoms with Crippen molar-refractivity contribution in [3.05, 3.63) is 57.8 Å². The van der Waals surface area contributed by atoms with Gasteiger partial charge in [-0.1, -0.05) is 25.0 Å². The molecule has 0 saturated heterocycles. The zero-order chi connectivity index (χ0) is 18.6. The van der Waals surface area contributed by atoms with Crippen LogP contribution in [0.25, 0.3) is 0 Å². The van der Waals surface area contributed by atoms with Crippen molar-refractivity contribution in [2.45, 2.75) is 31.1 Å². The van der Waals surface area contributed by atoms with Crippen LogP contribution in [0.2, 0.25) is 0 Å². The average Bonchev–Trinajstić information content (AvgIpc) is 3.30. The van der Waals surface area contributed by atoms with Gasteiger partial charge in [0.15, 0.2) is 0 Å². The van der Waals surface area contributed by atoms with Crippen molar-refractivity contribution < 1.29 is 18.4 Å². The van der Waals surface area contributed by atoms with E-state index in [2.05, 4.69) is 16.7 Å². The molecule has 1 aromatic heterocycles. The number of carbonyl (C=O) groups excluding carboxylic acids is 2. The summed E-state index contributed by atoms with van der Waals surface area (Å²) in [4.78, 5) is 25.3. The van der Waals surface area contributed by atoms with E-state index < -0.39 is 23.1 Å². The van der Waals surface area contributed by atoms with Crippen LogP contribution in [0.5, 0.6) is 0 Å². The highest BCUT2D eigenvalue weighted by Gasteiger charge is 2.36. The second-order valence-electron chi connectivity index (χ2n) is 6.52. The lowest BCUT2D eigenvalue weighted by molar-refractivity contribution is -0.120. The Hall–Kier alpha value is -2.28. The molecule has 1 heterocycles. The minimum Gasteiger partial charge on any atom is -0.354 e. The monoisotopic (exact) mass is 378 g/mol. The van der Waals surface area contributed by atoms with Crippen LogP contribution in [0.4, 0.5) is 8.78 Å². The fourth-order valence-corrected chi connectivity index (χ4v) is 4.42. The molecule has 7 heteroatoms. The minimum atomic E-state index is -0.953. The number of rotatable bonds is 6. The van der Waals surface area contributed by atoms with E-state index >= 15 is 0 Å². The molecular formula is C19H20F2N2O2S. The molecule has 26 heavy (non-hydrogen) atoms. The van der Waals surface area contributed by atoms with E-state index in [1.54, 1.807) is 11.3 Å². The van der Waals surface area contributed by atoms with Gasteiger partial charge < -0.3 is 10.6 Å². The van der Waals surface area contributed by atoms with Crippen molar-refractivity contribution in [2.75, 3.05) is 13.1 Å². The van der Waals surface area contributed by atoms with Gasteiger partial charge in [-0.15, -0.1) is 11.3 Å². The van der Waals surface area contributed by atoms with Gasteiger partial charge in [-0.05, 0) is 36.4 Å². The van der Waals surface area contributed by atoms with Crippen molar-refractivity contribution >= 4 is 23.2 Å². The van der Waals surface area contributed by atoms with Crippen molar-refractivity contribution in [1.29, 1.82) is 0 Å². The summed E-state index contributed by atoms with van der Waals surface area (Å²) in [6.45, 7) is 0.170. The van der Waals surface area contributed by atoms with Crippen molar-refractivity contribution in [3.8, 4) is 0 Å². The number of hydrogen-bond acceptors (Lipinski definition) is 3. The zero-order valence-electron chi connectivity index (χ0n) is 14.2. The number of thiophene rings is 1. The Labute approximate surface area is 154 Å². The fraction of sp³-hybridized carbons (Fsp3) is 0.368. The van der Waals surface area contributed by atoms with Crippen LogP contribution in [0.15, 0.2) is 35.7 Å². The number of hydrogen-bond donors (Lipinski definition) is 2. The standard InChI is InChI=1S/C19H20F2N2O2S/c20-13-5-3-6-14(21)17(13)18(25)22-11-16(24)23-12-19(8-1-2-9-19)15-7-4-10-26-15/h3-7,10H,1-2,8-9,11-12H2,(H,22,25)(H,23,24). The third-order valence-electron chi connectivity index (χ3n) is 4.83. The summed E-state index contributed by atoms with van der Waals surface area (Å²) in [5.74, 6) is -3.22. The van der Waals surface area contributed by atoms with Crippen LogP contribution in [0.1, 0.15) is 40.9 Å². The minimum absolute atomic E-state index is 0.0501. The highest BCUT2D eigenvalue weighted by Crippen LogP contribution is 2.42. The molecule has 2 amide bonds. The summed E-state index contributed by atoms with van der Waals surface area (Å²) in [5.41, 5.74) is -0.725. The lowest BCUT2D eigenvalue weighted by atomic mass is 9.84. The number of amides is 2. The molecule has 0 unspecified atom stereocenters. The SMILES string of the molecule is O=C(CNC(=O)c1c(F)cccc1F)NCC1(c2cccs2)CCCC1. The van der Waals surface area contributed by atoms with E-state index in [1.165, 1.54) is 10.9 Å². The van der Waals surface area contributed by atoms with Crippen LogP contribution < -0.4 is 10.6 Å². The van der Waals surface area contributed by atoms with Crippen molar-refractivity contribution in [3.63, 3.8) is 0 Å². The zero-order valence-corrected chi connectivity index (χ0v) is 15.0. The van der Waals surface area contributed by atoms with Gasteiger partial charge in [0.2, 0.25) is 5.91 Å². The summed E-state index contributed by atoms with van der Waals surface area (Å²) in [6.07, 6.45) is 4.27. The highest BCUT2D eigenvalue weighted by molar-refractivity contribution is 7.10. The molecule has 4 nitrogen and oxygen atoms in total. The first-order chi connectivity index (χ1) is 12.5. The van der Waals surface area contributed by atoms with Gasteiger partial charge >= 0.3 is 0 Å². The highest BCUT2D eigenvalue weighted by atomic mass is 32.1. The molecule has 1 aliphatic carbocycles. The third-order valence-corrected chi connectivity index (χ3v) is 5.94. The van der Waals surface area contributed by atoms with Crippen LogP contribution in [-0.2, 0) is 10.2 Å². The Kier molecular flexibility index (Phi) is 5.66. The van der Waals surface area contributed by atoms with Crippen LogP contribution in [-0.4, -0.2) is 24.9 Å². The van der Waals surface area contributed by atoms with E-state index in [0.29, 0.717) is 6.54 Å². The quantitative estimate of drug-likeness (QED) is 0.810. The molecule has 1 aliphatic rings. The van der Waals surface area contributed by atoms with Gasteiger partial charge in [-0.25, -0.2) is 8.78 Å². The lowest BCUT2D eigenvalue weighted by Crippen LogP contribution is -2.43. The Morgan fingerprint density at radius 1 is 1.04 bits per heavy atom. The van der Waals surface area contributed by atoms with E-state index in [1.807, 2.05) is 11.4 Å². The second-order valence-corrected chi connectivity index (χ2v) is 7.47. The molecule has 0 spiro atoms. The van der Waals surface area contributed by atoms with Gasteiger partial charge in [-0.2, -0.15) is 0 Å². The maximum Gasteiger partial charge on any atom is 0.257 e. The number of nitrogens with one attached hydrogen (secondary N) is 2. The number of carbonyl (C=O) groups is 2. The Balaban J connectivity index is 1.55. The van der Waals surface area contributed by atoms with Crippen LogP contribution in [0, 0.1) is 11.6 Å². The summed E-state index contributed by atoms with van der Waals surface area (Å²) >= 11 is 1.69. The second kappa shape index (κ2) is 7.95. The maximum atomic E-state index is 13.6. The predicted octanol–water partition coefficient (Wildman–Crippen LogP) is 3.38. The molecule has 1 aromatic carbocycles. The summed E-state index contributed by atoms with van der Waals surface area (Å²) in [6, 6.07) is 7.28. The van der Waals surface area contributed by atoms with Gasteiger partial charge in [0.1, 0.15) is 17.2 Å². The summed E-state index contributed by atoms with van der Waals surface area (Å²) < 4.78 is 27.2. The first-order valence-corrected chi connectivity index (χ1v) is 9.43. The molecule has 0 bridgehead atoms. The van der Waals surface area contributed by atoms with Crippen LogP contribution in [0.3, 0.4) is 0 Å². The van der Waals surface area contributed by atoms with Crippen molar-refractivity contribution in [1.82, 2.24) is 10.6 Å². The van der Waals surface area contributed by atoms with E-state index in [9.17, 15) is 18.4 Å². The van der Waals surface area contributed by atoms with Crippen LogP contribution >= 0.6 is 11.3 Å². The fourth-order valence-electron chi connectivity index (χ4n) is 3.44. The summed E-state index contributed by atoms with van der Waals surface area (Å²) in [5, 5.41) is 7.16. The van der Waals surface area contributed by atoms with Gasteiger partial charge in [0.05, 0.1) is 6.54 Å². The molecule has 0 radical (unpaired) electrons. The molecule has 1 saturated carbocycles. The van der Waals surface area contributed by atoms with Crippen molar-refractivity contribution in [2.24, 2.45) is 0 Å². The molecule has 0 aliphatic heterocycles. The van der Waals surface area contributed by atoms with E-state index in [-0.39, 0.29) is 17.9 Å². The largest absolute Gasteiger partial charge is 0.354 e. The van der Waals surface area contributed by atoms with E-state index in [0.717, 1.165) is 37.8 Å². The molecule has 138 valence electrons. The molecule has 2 N–H and O–H groups in total. The molecular weight excluding hydrogens is 358 g/mol. The lowest BCUT2D eigenvalue weighted by Gasteiger charge is -2.28. The molecule has 0 atom stereocenters. The molecule has 3 rings (SSSR count). The Morgan fingerprint density at radius 2 is 1.73 bits per heavy atom. The number of benzene rings is 1. The Morgan fingerprint density at radius 3 is 2.35 bits per heavy atom. The number of halogens is 2. The first-order valence-electron chi connectivity index (χ1n) is 8.55. The smallest absolute Gasteiger partial charge is 0.257 e. The van der Waals surface area contributed by atoms with E-state index in [4.69, 9.17) is 0 Å². The maximum absolute atomic E-state index is 13.6. The third kappa shape index (κ3) is 3.93. The Bertz CT molecular complexity index is 767. The normalized spacial score (nSPS) is 15.6. The first kappa shape index (κ1) is 18.5. The van der Waals surface area contributed by atoms with Gasteiger partial charge in [-0.3, -0.25) is 9.59 Å².